The highest BCUT2D eigenvalue weighted by Gasteiger charge is 2.21. The molecular formula is C12H21ClN4O. The molecular weight excluding hydrogens is 252 g/mol. The minimum atomic E-state index is 0.101. The van der Waals surface area contributed by atoms with Gasteiger partial charge < -0.3 is 10.1 Å². The Bertz CT molecular complexity index is 392. The Balaban J connectivity index is 2.79. The molecule has 0 spiro atoms. The fourth-order valence-corrected chi connectivity index (χ4v) is 1.22. The number of anilines is 1. The Labute approximate surface area is 113 Å². The van der Waals surface area contributed by atoms with Crippen molar-refractivity contribution in [3.8, 4) is 6.01 Å². The van der Waals surface area contributed by atoms with E-state index in [0.717, 1.165) is 6.42 Å². The molecule has 0 aliphatic heterocycles. The van der Waals surface area contributed by atoms with Crippen molar-refractivity contribution in [2.45, 2.75) is 47.1 Å². The smallest absolute Gasteiger partial charge is 0.322 e. The number of ether oxygens (including phenoxy) is 1. The van der Waals surface area contributed by atoms with Crippen LogP contribution < -0.4 is 10.1 Å². The molecule has 1 aromatic heterocycles. The molecule has 1 N–H and O–H groups in total. The molecule has 1 unspecified atom stereocenters. The molecule has 0 saturated heterocycles. The number of aromatic nitrogens is 3. The van der Waals surface area contributed by atoms with Crippen molar-refractivity contribution in [2.75, 3.05) is 11.9 Å². The summed E-state index contributed by atoms with van der Waals surface area (Å²) in [5.41, 5.74) is 0.101. The standard InChI is InChI=1S/C12H21ClN4O/c1-6-7-18-11-16-9(13)15-10(17-11)14-8(2)12(3,4)5/h8H,6-7H2,1-5H3,(H,14,15,16,17). The van der Waals surface area contributed by atoms with E-state index in [0.29, 0.717) is 12.6 Å². The molecule has 102 valence electrons. The molecule has 0 fully saturated rings. The Hall–Kier alpha value is -1.10. The minimum absolute atomic E-state index is 0.101. The van der Waals surface area contributed by atoms with E-state index in [-0.39, 0.29) is 22.8 Å². The first-order valence-corrected chi connectivity index (χ1v) is 6.51. The lowest BCUT2D eigenvalue weighted by Crippen LogP contribution is -2.31. The Morgan fingerprint density at radius 2 is 1.94 bits per heavy atom. The monoisotopic (exact) mass is 272 g/mol. The zero-order valence-corrected chi connectivity index (χ0v) is 12.4. The third kappa shape index (κ3) is 4.64. The van der Waals surface area contributed by atoms with Gasteiger partial charge in [-0.1, -0.05) is 27.7 Å². The number of nitrogens with zero attached hydrogens (tertiary/aromatic N) is 3. The minimum Gasteiger partial charge on any atom is -0.463 e. The van der Waals surface area contributed by atoms with Gasteiger partial charge in [0.05, 0.1) is 6.61 Å². The average molecular weight is 273 g/mol. The maximum Gasteiger partial charge on any atom is 0.322 e. The summed E-state index contributed by atoms with van der Waals surface area (Å²) in [6, 6.07) is 0.468. The van der Waals surface area contributed by atoms with Crippen molar-refractivity contribution in [3.05, 3.63) is 5.28 Å². The molecule has 1 heterocycles. The predicted octanol–water partition coefficient (Wildman–Crippen LogP) is 3.16. The van der Waals surface area contributed by atoms with Crippen LogP contribution in [-0.2, 0) is 0 Å². The van der Waals surface area contributed by atoms with Crippen LogP contribution >= 0.6 is 11.6 Å². The van der Waals surface area contributed by atoms with Crippen molar-refractivity contribution in [2.24, 2.45) is 5.41 Å². The highest BCUT2D eigenvalue weighted by molar-refractivity contribution is 6.28. The second kappa shape index (κ2) is 6.18. The van der Waals surface area contributed by atoms with Gasteiger partial charge in [-0.15, -0.1) is 0 Å². The number of rotatable bonds is 5. The van der Waals surface area contributed by atoms with Crippen LogP contribution in [0, 0.1) is 5.41 Å². The van der Waals surface area contributed by atoms with E-state index in [4.69, 9.17) is 16.3 Å². The van der Waals surface area contributed by atoms with E-state index < -0.39 is 0 Å². The molecule has 6 heteroatoms. The molecule has 1 atom stereocenters. The van der Waals surface area contributed by atoms with Crippen LogP contribution in [0.4, 0.5) is 5.95 Å². The fourth-order valence-electron chi connectivity index (χ4n) is 1.06. The normalized spacial score (nSPS) is 13.2. The SMILES string of the molecule is CCCOc1nc(Cl)nc(NC(C)C(C)(C)C)n1. The summed E-state index contributed by atoms with van der Waals surface area (Å²) >= 11 is 5.84. The predicted molar refractivity (Wildman–Crippen MR) is 73.2 cm³/mol. The van der Waals surface area contributed by atoms with E-state index in [1.165, 1.54) is 0 Å². The number of nitrogens with one attached hydrogen (secondary N) is 1. The summed E-state index contributed by atoms with van der Waals surface area (Å²) in [5.74, 6) is 0.448. The van der Waals surface area contributed by atoms with Crippen LogP contribution in [0.5, 0.6) is 6.01 Å². The van der Waals surface area contributed by atoms with Gasteiger partial charge in [-0.25, -0.2) is 0 Å². The van der Waals surface area contributed by atoms with E-state index >= 15 is 0 Å². The van der Waals surface area contributed by atoms with Gasteiger partial charge in [0.25, 0.3) is 0 Å². The van der Waals surface area contributed by atoms with Crippen molar-refractivity contribution < 1.29 is 4.74 Å². The Morgan fingerprint density at radius 3 is 2.50 bits per heavy atom. The van der Waals surface area contributed by atoms with Gasteiger partial charge >= 0.3 is 6.01 Å². The maximum atomic E-state index is 5.84. The lowest BCUT2D eigenvalue weighted by molar-refractivity contribution is 0.291. The second-order valence-corrected chi connectivity index (χ2v) is 5.63. The van der Waals surface area contributed by atoms with Gasteiger partial charge in [-0.2, -0.15) is 15.0 Å². The zero-order valence-electron chi connectivity index (χ0n) is 11.6. The van der Waals surface area contributed by atoms with Crippen molar-refractivity contribution >= 4 is 17.5 Å². The van der Waals surface area contributed by atoms with Crippen LogP contribution in [0.1, 0.15) is 41.0 Å². The molecule has 5 nitrogen and oxygen atoms in total. The molecule has 1 rings (SSSR count). The van der Waals surface area contributed by atoms with E-state index in [1.807, 2.05) is 6.92 Å². The third-order valence-corrected chi connectivity index (χ3v) is 2.84. The highest BCUT2D eigenvalue weighted by Crippen LogP contribution is 2.22. The van der Waals surface area contributed by atoms with Crippen LogP contribution in [0.15, 0.2) is 0 Å². The summed E-state index contributed by atoms with van der Waals surface area (Å²) < 4.78 is 5.36. The van der Waals surface area contributed by atoms with Crippen LogP contribution in [-0.4, -0.2) is 27.6 Å². The molecule has 0 saturated carbocycles. The largest absolute Gasteiger partial charge is 0.463 e. The van der Waals surface area contributed by atoms with Crippen molar-refractivity contribution in [1.29, 1.82) is 0 Å². The quantitative estimate of drug-likeness (QED) is 0.892. The van der Waals surface area contributed by atoms with Crippen molar-refractivity contribution in [3.63, 3.8) is 0 Å². The summed E-state index contributed by atoms with van der Waals surface area (Å²) in [7, 11) is 0. The first kappa shape index (κ1) is 15.0. The Kier molecular flexibility index (Phi) is 5.14. The van der Waals surface area contributed by atoms with Gasteiger partial charge in [-0.3, -0.25) is 0 Å². The van der Waals surface area contributed by atoms with Gasteiger partial charge in [0, 0.05) is 6.04 Å². The van der Waals surface area contributed by atoms with Gasteiger partial charge in [0.1, 0.15) is 0 Å². The average Bonchev–Trinajstić information content (AvgIpc) is 2.24. The van der Waals surface area contributed by atoms with Crippen molar-refractivity contribution in [1.82, 2.24) is 15.0 Å². The molecule has 18 heavy (non-hydrogen) atoms. The molecule has 0 amide bonds. The number of halogens is 1. The summed E-state index contributed by atoms with van der Waals surface area (Å²) in [4.78, 5) is 12.2. The lowest BCUT2D eigenvalue weighted by atomic mass is 9.88. The second-order valence-electron chi connectivity index (χ2n) is 5.29. The van der Waals surface area contributed by atoms with Crippen LogP contribution in [0.25, 0.3) is 0 Å². The molecule has 0 aliphatic carbocycles. The topological polar surface area (TPSA) is 59.9 Å². The first-order valence-electron chi connectivity index (χ1n) is 6.14. The summed E-state index contributed by atoms with van der Waals surface area (Å²) in [6.07, 6.45) is 0.893. The highest BCUT2D eigenvalue weighted by atomic mass is 35.5. The molecule has 0 aromatic carbocycles. The van der Waals surface area contributed by atoms with Gasteiger partial charge in [0.2, 0.25) is 11.2 Å². The molecule has 0 radical (unpaired) electrons. The van der Waals surface area contributed by atoms with E-state index in [1.54, 1.807) is 0 Å². The summed E-state index contributed by atoms with van der Waals surface area (Å²) in [5, 5.41) is 3.35. The third-order valence-electron chi connectivity index (χ3n) is 2.67. The van der Waals surface area contributed by atoms with E-state index in [9.17, 15) is 0 Å². The zero-order chi connectivity index (χ0) is 13.8. The maximum absolute atomic E-state index is 5.84. The Morgan fingerprint density at radius 1 is 1.28 bits per heavy atom. The first-order chi connectivity index (χ1) is 8.32. The summed E-state index contributed by atoms with van der Waals surface area (Å²) in [6.45, 7) is 11.1. The van der Waals surface area contributed by atoms with Crippen LogP contribution in [0.2, 0.25) is 5.28 Å². The number of hydrogen-bond acceptors (Lipinski definition) is 5. The van der Waals surface area contributed by atoms with Gasteiger partial charge in [0.15, 0.2) is 0 Å². The van der Waals surface area contributed by atoms with Crippen LogP contribution in [0.3, 0.4) is 0 Å². The van der Waals surface area contributed by atoms with Gasteiger partial charge in [-0.05, 0) is 30.4 Å². The number of hydrogen-bond donors (Lipinski definition) is 1. The molecule has 0 bridgehead atoms. The molecule has 1 aromatic rings. The molecule has 0 aliphatic rings. The fraction of sp³-hybridized carbons (Fsp3) is 0.750. The van der Waals surface area contributed by atoms with E-state index in [2.05, 4.69) is 48.0 Å². The lowest BCUT2D eigenvalue weighted by Gasteiger charge is -2.27.